The lowest BCUT2D eigenvalue weighted by Gasteiger charge is -2.29. The number of aryl methyl sites for hydroxylation is 1. The van der Waals surface area contributed by atoms with Crippen molar-refractivity contribution < 1.29 is 9.00 Å². The van der Waals surface area contributed by atoms with Crippen molar-refractivity contribution in [2.75, 3.05) is 5.32 Å². The summed E-state index contributed by atoms with van der Waals surface area (Å²) in [4.78, 5) is 13.3. The molecule has 1 fully saturated rings. The summed E-state index contributed by atoms with van der Waals surface area (Å²) < 4.78 is 25.4. The molecule has 0 spiro atoms. The third kappa shape index (κ3) is 4.71. The van der Waals surface area contributed by atoms with Crippen LogP contribution in [0.25, 0.3) is 10.8 Å². The first-order valence-electron chi connectivity index (χ1n) is 11.3. The van der Waals surface area contributed by atoms with Gasteiger partial charge in [-0.25, -0.2) is 13.7 Å². The first-order valence-corrected chi connectivity index (χ1v) is 12.9. The van der Waals surface area contributed by atoms with Crippen LogP contribution in [0.3, 0.4) is 0 Å². The van der Waals surface area contributed by atoms with Crippen LogP contribution in [-0.4, -0.2) is 16.2 Å². The average Bonchev–Trinajstić information content (AvgIpc) is 2.79. The van der Waals surface area contributed by atoms with Crippen LogP contribution in [0, 0.1) is 17.6 Å². The summed E-state index contributed by atoms with van der Waals surface area (Å²) in [6, 6.07) is 18.5. The van der Waals surface area contributed by atoms with Crippen molar-refractivity contribution in [2.45, 2.75) is 56.9 Å². The van der Waals surface area contributed by atoms with Gasteiger partial charge in [-0.2, -0.15) is 0 Å². The number of carbonyl (C=O) groups is 1. The van der Waals surface area contributed by atoms with Crippen LogP contribution in [-0.2, 0) is 9.92 Å². The second-order valence-corrected chi connectivity index (χ2v) is 10.6. The summed E-state index contributed by atoms with van der Waals surface area (Å²) in [5.41, 5.74) is 2.17. The Morgan fingerprint density at radius 3 is 2.34 bits per heavy atom. The number of hydrogen-bond acceptors (Lipinski definition) is 3. The molecule has 0 aromatic heterocycles. The van der Waals surface area contributed by atoms with Crippen LogP contribution in [0.15, 0.2) is 65.6 Å². The molecule has 1 amide bonds. The summed E-state index contributed by atoms with van der Waals surface area (Å²) in [7, 11) is -3.20. The van der Waals surface area contributed by atoms with Crippen molar-refractivity contribution in [2.24, 2.45) is 5.92 Å². The van der Waals surface area contributed by atoms with E-state index in [0.717, 1.165) is 29.2 Å². The van der Waals surface area contributed by atoms with Crippen LogP contribution in [0.4, 0.5) is 5.69 Å². The minimum absolute atomic E-state index is 0.0134. The van der Waals surface area contributed by atoms with Gasteiger partial charge in [-0.3, -0.25) is 4.79 Å². The Hall–Kier alpha value is -2.70. The second-order valence-electron chi connectivity index (χ2n) is 8.79. The van der Waals surface area contributed by atoms with E-state index < -0.39 is 9.92 Å². The van der Waals surface area contributed by atoms with E-state index in [1.807, 2.05) is 56.3 Å². The van der Waals surface area contributed by atoms with Crippen LogP contribution < -0.4 is 10.0 Å². The van der Waals surface area contributed by atoms with Crippen LogP contribution in [0.5, 0.6) is 0 Å². The maximum Gasteiger partial charge on any atom is 0.255 e. The number of anilines is 1. The van der Waals surface area contributed by atoms with Gasteiger partial charge in [-0.15, -0.1) is 0 Å². The van der Waals surface area contributed by atoms with Gasteiger partial charge >= 0.3 is 0 Å². The highest BCUT2D eigenvalue weighted by molar-refractivity contribution is 7.90. The molecule has 0 saturated heterocycles. The number of carbonyl (C=O) groups excluding carboxylic acids is 1. The summed E-state index contributed by atoms with van der Waals surface area (Å²) in [5.74, 6) is 0.269. The SMILES string of the molecule is Cc1ccccc1C(=O)Nc1ccc(S(=N)(=O)NC(C)C2CCCCC2)c2ccccc12. The zero-order chi connectivity index (χ0) is 22.7. The molecule has 0 radical (unpaired) electrons. The molecule has 1 saturated carbocycles. The molecule has 32 heavy (non-hydrogen) atoms. The lowest BCUT2D eigenvalue weighted by atomic mass is 9.85. The van der Waals surface area contributed by atoms with Crippen molar-refractivity contribution in [3.8, 4) is 0 Å². The predicted octanol–water partition coefficient (Wildman–Crippen LogP) is 6.28. The molecule has 6 heteroatoms. The van der Waals surface area contributed by atoms with Crippen LogP contribution in [0.1, 0.15) is 54.9 Å². The Bertz CT molecular complexity index is 1230. The fourth-order valence-electron chi connectivity index (χ4n) is 4.70. The Morgan fingerprint density at radius 2 is 1.62 bits per heavy atom. The van der Waals surface area contributed by atoms with E-state index in [1.165, 1.54) is 19.3 Å². The van der Waals surface area contributed by atoms with Gasteiger partial charge in [-0.1, -0.05) is 61.7 Å². The van der Waals surface area contributed by atoms with E-state index in [4.69, 9.17) is 4.78 Å². The first kappa shape index (κ1) is 22.5. The number of amides is 1. The number of hydrogen-bond donors (Lipinski definition) is 3. The van der Waals surface area contributed by atoms with Gasteiger partial charge in [0, 0.05) is 28.1 Å². The minimum Gasteiger partial charge on any atom is -0.321 e. The molecule has 4 rings (SSSR count). The molecule has 5 nitrogen and oxygen atoms in total. The van der Waals surface area contributed by atoms with E-state index in [0.29, 0.717) is 22.1 Å². The van der Waals surface area contributed by atoms with Crippen molar-refractivity contribution in [1.82, 2.24) is 4.72 Å². The Morgan fingerprint density at radius 1 is 0.969 bits per heavy atom. The van der Waals surface area contributed by atoms with E-state index >= 15 is 0 Å². The molecule has 0 aliphatic heterocycles. The summed E-state index contributed by atoms with van der Waals surface area (Å²) in [6.45, 7) is 3.95. The fourth-order valence-corrected chi connectivity index (χ4v) is 6.29. The quantitative estimate of drug-likeness (QED) is 0.414. The molecular weight excluding hydrogens is 418 g/mol. The van der Waals surface area contributed by atoms with E-state index in [2.05, 4.69) is 10.0 Å². The predicted molar refractivity (Wildman–Crippen MR) is 131 cm³/mol. The van der Waals surface area contributed by atoms with Gasteiger partial charge < -0.3 is 5.32 Å². The molecule has 3 aromatic carbocycles. The molecule has 1 aliphatic rings. The highest BCUT2D eigenvalue weighted by Gasteiger charge is 2.25. The Labute approximate surface area is 190 Å². The van der Waals surface area contributed by atoms with Gasteiger partial charge in [0.2, 0.25) is 0 Å². The zero-order valence-corrected chi connectivity index (χ0v) is 19.5. The molecule has 168 valence electrons. The summed E-state index contributed by atoms with van der Waals surface area (Å²) >= 11 is 0. The van der Waals surface area contributed by atoms with Crippen LogP contribution in [0.2, 0.25) is 0 Å². The molecule has 2 unspecified atom stereocenters. The van der Waals surface area contributed by atoms with Gasteiger partial charge in [0.25, 0.3) is 5.91 Å². The standard InChI is InChI=1S/C26H31N3O2S/c1-18-10-6-7-13-21(18)26(30)28-24-16-17-25(23-15-9-8-14-22(23)24)32(27,31)29-19(2)20-11-4-3-5-12-20/h6-10,13-17,19-20H,3-5,11-12H2,1-2H3,(H,28,30)(H2,27,29,31). The number of rotatable bonds is 6. The Balaban J connectivity index is 1.64. The maximum atomic E-state index is 13.5. The summed E-state index contributed by atoms with van der Waals surface area (Å²) in [5, 5.41) is 4.50. The molecule has 1 aliphatic carbocycles. The van der Waals surface area contributed by atoms with E-state index in [9.17, 15) is 9.00 Å². The largest absolute Gasteiger partial charge is 0.321 e. The highest BCUT2D eigenvalue weighted by atomic mass is 32.2. The maximum absolute atomic E-state index is 13.5. The molecular formula is C26H31N3O2S. The van der Waals surface area contributed by atoms with Gasteiger partial charge in [0.05, 0.1) is 4.90 Å². The van der Waals surface area contributed by atoms with E-state index in [1.54, 1.807) is 18.2 Å². The third-order valence-corrected chi connectivity index (χ3v) is 8.22. The third-order valence-electron chi connectivity index (χ3n) is 6.54. The van der Waals surface area contributed by atoms with Crippen molar-refractivity contribution in [1.29, 1.82) is 4.78 Å². The highest BCUT2D eigenvalue weighted by Crippen LogP contribution is 2.32. The molecule has 3 aromatic rings. The molecule has 0 bridgehead atoms. The minimum atomic E-state index is -3.20. The van der Waals surface area contributed by atoms with Gasteiger partial charge in [0.15, 0.2) is 0 Å². The number of fused-ring (bicyclic) bond motifs is 1. The summed E-state index contributed by atoms with van der Waals surface area (Å²) in [6.07, 6.45) is 5.91. The number of benzene rings is 3. The van der Waals surface area contributed by atoms with Gasteiger partial charge in [0.1, 0.15) is 9.92 Å². The van der Waals surface area contributed by atoms with Gasteiger partial charge in [-0.05, 0) is 56.4 Å². The normalized spacial score (nSPS) is 17.6. The van der Waals surface area contributed by atoms with Crippen molar-refractivity contribution in [3.05, 3.63) is 71.8 Å². The molecule has 2 atom stereocenters. The lowest BCUT2D eigenvalue weighted by molar-refractivity contribution is 0.102. The smallest absolute Gasteiger partial charge is 0.255 e. The molecule has 3 N–H and O–H groups in total. The monoisotopic (exact) mass is 449 g/mol. The average molecular weight is 450 g/mol. The second kappa shape index (κ2) is 9.43. The Kier molecular flexibility index (Phi) is 6.63. The van der Waals surface area contributed by atoms with Crippen molar-refractivity contribution in [3.63, 3.8) is 0 Å². The topological polar surface area (TPSA) is 82.1 Å². The van der Waals surface area contributed by atoms with Crippen LogP contribution >= 0.6 is 0 Å². The first-order chi connectivity index (χ1) is 15.4. The van der Waals surface area contributed by atoms with E-state index in [-0.39, 0.29) is 11.9 Å². The lowest BCUT2D eigenvalue weighted by Crippen LogP contribution is -2.38. The van der Waals surface area contributed by atoms with Crippen molar-refractivity contribution >= 4 is 32.3 Å². The fraction of sp³-hybridized carbons (Fsp3) is 0.346. The molecule has 0 heterocycles. The zero-order valence-electron chi connectivity index (χ0n) is 18.7. The number of nitrogens with one attached hydrogen (secondary N) is 3.